The predicted octanol–water partition coefficient (Wildman–Crippen LogP) is -3.23. The molecular formula is H4O6Si2Tm. The minimum atomic E-state index is -3.13. The van der Waals surface area contributed by atoms with E-state index in [1.54, 1.807) is 0 Å². The molecule has 0 unspecified atom stereocenters. The molecule has 0 bridgehead atoms. The topological polar surface area (TPSA) is 115 Å². The molecule has 0 saturated heterocycles. The molecule has 0 aliphatic rings. The van der Waals surface area contributed by atoms with Crippen molar-refractivity contribution in [3.63, 3.8) is 0 Å². The van der Waals surface area contributed by atoms with Gasteiger partial charge >= 0.3 is 18.3 Å². The first-order chi connectivity index (χ1) is 3.46. The van der Waals surface area contributed by atoms with E-state index in [0.29, 0.717) is 0 Å². The zero-order valence-electron chi connectivity index (χ0n) is 3.88. The van der Waals surface area contributed by atoms with Gasteiger partial charge in [0.15, 0.2) is 0 Å². The van der Waals surface area contributed by atoms with E-state index in [1.807, 2.05) is 0 Å². The van der Waals surface area contributed by atoms with E-state index in [2.05, 4.69) is 0 Å². The second-order valence-electron chi connectivity index (χ2n) is 0.565. The molecule has 61 valence electrons. The number of rotatable bonds is 0. The van der Waals surface area contributed by atoms with Crippen LogP contribution < -0.4 is 0 Å². The molecule has 9 heavy (non-hydrogen) atoms. The smallest absolute Gasteiger partial charge is 0.511 e. The first-order valence-corrected chi connectivity index (χ1v) is 3.91. The molecule has 0 heterocycles. The van der Waals surface area contributed by atoms with Gasteiger partial charge in [0.25, 0.3) is 0 Å². The molecule has 0 aromatic heterocycles. The standard InChI is InChI=1S/2H2O3Si.Tm/c2*1-4(2)3;/h2*1-2H;. The molecule has 0 rings (SSSR count). The summed E-state index contributed by atoms with van der Waals surface area (Å²) in [6.07, 6.45) is 0. The van der Waals surface area contributed by atoms with Crippen molar-refractivity contribution >= 4 is 18.3 Å². The van der Waals surface area contributed by atoms with E-state index in [-0.39, 0.29) is 36.9 Å². The first kappa shape index (κ1) is 16.2. The third-order valence-electron chi connectivity index (χ3n) is 0. The zero-order chi connectivity index (χ0) is 7.15. The van der Waals surface area contributed by atoms with Gasteiger partial charge in [-0.3, -0.25) is 8.92 Å². The summed E-state index contributed by atoms with van der Waals surface area (Å²) < 4.78 is 17.5. The van der Waals surface area contributed by atoms with Crippen molar-refractivity contribution in [1.29, 1.82) is 0 Å². The molecule has 4 N–H and O–H groups in total. The Hall–Kier alpha value is 0.468. The molecule has 0 amide bonds. The Kier molecular flexibility index (Phi) is 20.4. The summed E-state index contributed by atoms with van der Waals surface area (Å²) >= 11 is 0. The van der Waals surface area contributed by atoms with Gasteiger partial charge in [0.05, 0.1) is 0 Å². The van der Waals surface area contributed by atoms with Gasteiger partial charge in [0, 0.05) is 36.9 Å². The minimum absolute atomic E-state index is 0. The molecule has 0 atom stereocenters. The molecule has 9 heteroatoms. The van der Waals surface area contributed by atoms with Crippen LogP contribution in [-0.4, -0.2) is 37.5 Å². The predicted molar refractivity (Wildman–Crippen MR) is 21.8 cm³/mol. The maximum Gasteiger partial charge on any atom is 0.761 e. The third-order valence-corrected chi connectivity index (χ3v) is 0. The molecule has 0 fully saturated rings. The maximum atomic E-state index is 8.74. The Labute approximate surface area is 82.8 Å². The van der Waals surface area contributed by atoms with Crippen molar-refractivity contribution in [2.45, 2.75) is 0 Å². The summed E-state index contributed by atoms with van der Waals surface area (Å²) in [5, 5.41) is 0. The number of hydrogen-bond donors (Lipinski definition) is 4. The summed E-state index contributed by atoms with van der Waals surface area (Å²) in [6, 6.07) is 0. The minimum Gasteiger partial charge on any atom is -0.511 e. The van der Waals surface area contributed by atoms with Gasteiger partial charge in [-0.25, -0.2) is 0 Å². The van der Waals surface area contributed by atoms with E-state index in [0.717, 1.165) is 0 Å². The molecule has 0 aromatic carbocycles. The molecule has 0 spiro atoms. The van der Waals surface area contributed by atoms with Gasteiger partial charge in [-0.15, -0.1) is 0 Å². The monoisotopic (exact) mass is 325 g/mol. The Bertz CT molecular complexity index is 69.1. The van der Waals surface area contributed by atoms with Crippen molar-refractivity contribution in [1.82, 2.24) is 0 Å². The van der Waals surface area contributed by atoms with Crippen LogP contribution in [-0.2, 0) is 8.92 Å². The van der Waals surface area contributed by atoms with Crippen LogP contribution in [0, 0.1) is 36.9 Å². The van der Waals surface area contributed by atoms with Crippen molar-refractivity contribution in [3.8, 4) is 0 Å². The van der Waals surface area contributed by atoms with Crippen LogP contribution in [0.4, 0.5) is 0 Å². The van der Waals surface area contributed by atoms with E-state index in [9.17, 15) is 0 Å². The average Bonchev–Trinajstić information content (AvgIpc) is 1.25. The van der Waals surface area contributed by atoms with Crippen LogP contribution in [0.5, 0.6) is 0 Å². The van der Waals surface area contributed by atoms with E-state index in [1.165, 1.54) is 0 Å². The Morgan fingerprint density at radius 1 is 0.778 bits per heavy atom. The molecule has 1 radical (unpaired) electrons. The maximum absolute atomic E-state index is 8.74. The van der Waals surface area contributed by atoms with Crippen LogP contribution in [0.15, 0.2) is 0 Å². The molecule has 0 aliphatic heterocycles. The molecule has 0 aromatic rings. The van der Waals surface area contributed by atoms with E-state index >= 15 is 0 Å². The summed E-state index contributed by atoms with van der Waals surface area (Å²) in [5.74, 6) is 0. The SMILES string of the molecule is O=[Si](O)O.O=[Si](O)O.[Tm]. The van der Waals surface area contributed by atoms with Crippen molar-refractivity contribution in [2.75, 3.05) is 0 Å². The molecule has 6 nitrogen and oxygen atoms in total. The fourth-order valence-corrected chi connectivity index (χ4v) is 0. The summed E-state index contributed by atoms with van der Waals surface area (Å²) in [7, 11) is -6.26. The fraction of sp³-hybridized carbons (Fsp3) is 0. The quantitative estimate of drug-likeness (QED) is 0.348. The van der Waals surface area contributed by atoms with Crippen LogP contribution in [0.2, 0.25) is 0 Å². The van der Waals surface area contributed by atoms with Gasteiger partial charge in [-0.2, -0.15) is 0 Å². The number of hydrogen-bond acceptors (Lipinski definition) is 2. The van der Waals surface area contributed by atoms with Gasteiger partial charge in [0.2, 0.25) is 0 Å². The largest absolute Gasteiger partial charge is 0.761 e. The Morgan fingerprint density at radius 2 is 0.778 bits per heavy atom. The van der Waals surface area contributed by atoms with Gasteiger partial charge in [-0.05, 0) is 0 Å². The first-order valence-electron chi connectivity index (χ1n) is 1.30. The summed E-state index contributed by atoms with van der Waals surface area (Å²) in [4.78, 5) is 28.6. The molecule has 0 saturated carbocycles. The van der Waals surface area contributed by atoms with Crippen molar-refractivity contribution < 1.29 is 65.0 Å². The Morgan fingerprint density at radius 3 is 0.778 bits per heavy atom. The third kappa shape index (κ3) is 1620. The Balaban J connectivity index is -0.0000000720. The van der Waals surface area contributed by atoms with E-state index in [4.69, 9.17) is 28.1 Å². The summed E-state index contributed by atoms with van der Waals surface area (Å²) in [5.41, 5.74) is 0. The second-order valence-corrected chi connectivity index (χ2v) is 1.70. The second kappa shape index (κ2) is 11.3. The van der Waals surface area contributed by atoms with E-state index < -0.39 is 18.3 Å². The van der Waals surface area contributed by atoms with Crippen LogP contribution >= 0.6 is 0 Å². The van der Waals surface area contributed by atoms with Crippen LogP contribution in [0.25, 0.3) is 0 Å². The van der Waals surface area contributed by atoms with Crippen molar-refractivity contribution in [2.24, 2.45) is 0 Å². The normalized spacial score (nSPS) is 5.33. The van der Waals surface area contributed by atoms with Crippen LogP contribution in [0.3, 0.4) is 0 Å². The molecular weight excluding hydrogens is 321 g/mol. The fourth-order valence-electron chi connectivity index (χ4n) is 0. The van der Waals surface area contributed by atoms with Crippen LogP contribution in [0.1, 0.15) is 0 Å². The van der Waals surface area contributed by atoms with Gasteiger partial charge < -0.3 is 19.2 Å². The van der Waals surface area contributed by atoms with Gasteiger partial charge in [-0.1, -0.05) is 0 Å². The molecule has 0 aliphatic carbocycles. The zero-order valence-corrected chi connectivity index (χ0v) is 7.66. The van der Waals surface area contributed by atoms with Gasteiger partial charge in [0.1, 0.15) is 0 Å². The van der Waals surface area contributed by atoms with Crippen molar-refractivity contribution in [3.05, 3.63) is 0 Å². The average molecular weight is 325 g/mol. The summed E-state index contributed by atoms with van der Waals surface area (Å²) in [6.45, 7) is 0.